The molecule has 0 spiro atoms. The van der Waals surface area contributed by atoms with Gasteiger partial charge in [-0.1, -0.05) is 0 Å². The summed E-state index contributed by atoms with van der Waals surface area (Å²) in [6.07, 6.45) is 0.935. The summed E-state index contributed by atoms with van der Waals surface area (Å²) in [5.41, 5.74) is 6.80. The fourth-order valence-corrected chi connectivity index (χ4v) is 3.84. The lowest BCUT2D eigenvalue weighted by molar-refractivity contribution is -0.143. The maximum atomic E-state index is 13.7. The van der Waals surface area contributed by atoms with Crippen LogP contribution in [0.4, 0.5) is 9.18 Å². The molecule has 1 aromatic rings. The van der Waals surface area contributed by atoms with Crippen LogP contribution in [-0.4, -0.2) is 81.1 Å². The highest BCUT2D eigenvalue weighted by Crippen LogP contribution is 2.26. The van der Waals surface area contributed by atoms with E-state index in [-0.39, 0.29) is 37.8 Å². The first-order valence-corrected chi connectivity index (χ1v) is 10.7. The van der Waals surface area contributed by atoms with Crippen LogP contribution < -0.4 is 5.73 Å². The second kappa shape index (κ2) is 12.1. The molecule has 2 saturated heterocycles. The Morgan fingerprint density at radius 2 is 1.88 bits per heavy atom. The van der Waals surface area contributed by atoms with Gasteiger partial charge in [-0.2, -0.15) is 5.26 Å². The van der Waals surface area contributed by atoms with Crippen molar-refractivity contribution in [2.24, 2.45) is 5.73 Å². The number of imide groups is 1. The molecule has 3 amide bonds. The standard InChI is InChI=1S/C18H22FN5O2.C4H6O4/c1-22-17(25)8-16(23-6-2-3-15(21)11-23)24(18(22)26)10-13-7-14(19)5-4-12(13)9-20;5-3(6)1-2-4(7)8/h4-5,7,15-16H,2-3,6,8,10-11,21H2,1H3;1-2H2,(H,5,6)(H,7,8). The van der Waals surface area contributed by atoms with E-state index in [1.807, 2.05) is 11.0 Å². The molecule has 0 aliphatic carbocycles. The number of halogens is 1. The van der Waals surface area contributed by atoms with E-state index in [0.717, 1.165) is 24.3 Å². The van der Waals surface area contributed by atoms with Gasteiger partial charge in [-0.3, -0.25) is 24.2 Å². The third kappa shape index (κ3) is 7.23. The van der Waals surface area contributed by atoms with Gasteiger partial charge >= 0.3 is 18.0 Å². The number of carbonyl (C=O) groups excluding carboxylic acids is 2. The van der Waals surface area contributed by atoms with Gasteiger partial charge in [-0.15, -0.1) is 0 Å². The maximum absolute atomic E-state index is 13.7. The number of urea groups is 1. The van der Waals surface area contributed by atoms with E-state index in [2.05, 4.69) is 0 Å². The number of nitrogens with zero attached hydrogens (tertiary/aromatic N) is 4. The molecule has 3 rings (SSSR count). The second-order valence-electron chi connectivity index (χ2n) is 8.15. The molecule has 1 aromatic carbocycles. The lowest BCUT2D eigenvalue weighted by atomic mass is 10.0. The normalized spacial score (nSPS) is 20.9. The number of carboxylic acid groups (broad SMARTS) is 2. The summed E-state index contributed by atoms with van der Waals surface area (Å²) in [4.78, 5) is 48.9. The van der Waals surface area contributed by atoms with Crippen LogP contribution in [0.3, 0.4) is 0 Å². The van der Waals surface area contributed by atoms with Crippen molar-refractivity contribution in [1.82, 2.24) is 14.7 Å². The maximum Gasteiger partial charge on any atom is 0.328 e. The quantitative estimate of drug-likeness (QED) is 0.544. The second-order valence-corrected chi connectivity index (χ2v) is 8.15. The predicted molar refractivity (Wildman–Crippen MR) is 117 cm³/mol. The molecule has 2 atom stereocenters. The van der Waals surface area contributed by atoms with Crippen LogP contribution in [0.2, 0.25) is 0 Å². The molecule has 11 nitrogen and oxygen atoms in total. The highest BCUT2D eigenvalue weighted by molar-refractivity contribution is 5.96. The van der Waals surface area contributed by atoms with Crippen LogP contribution in [-0.2, 0) is 20.9 Å². The number of piperidine rings is 1. The van der Waals surface area contributed by atoms with Gasteiger partial charge in [-0.05, 0) is 36.6 Å². The van der Waals surface area contributed by atoms with Crippen LogP contribution in [0.15, 0.2) is 18.2 Å². The fraction of sp³-hybridized carbons (Fsp3) is 0.500. The zero-order valence-electron chi connectivity index (χ0n) is 18.8. The Hall–Kier alpha value is -3.56. The van der Waals surface area contributed by atoms with Crippen molar-refractivity contribution in [3.63, 3.8) is 0 Å². The first-order chi connectivity index (χ1) is 16.0. The van der Waals surface area contributed by atoms with Crippen molar-refractivity contribution in [3.8, 4) is 6.07 Å². The van der Waals surface area contributed by atoms with Gasteiger partial charge in [-0.25, -0.2) is 9.18 Å². The molecule has 0 saturated carbocycles. The molecule has 12 heteroatoms. The van der Waals surface area contributed by atoms with Crippen LogP contribution >= 0.6 is 0 Å². The zero-order valence-corrected chi connectivity index (χ0v) is 18.8. The Kier molecular flexibility index (Phi) is 9.47. The number of aliphatic carboxylic acids is 2. The lowest BCUT2D eigenvalue weighted by Crippen LogP contribution is -2.63. The van der Waals surface area contributed by atoms with Crippen LogP contribution in [0, 0.1) is 17.1 Å². The van der Waals surface area contributed by atoms with E-state index in [4.69, 9.17) is 15.9 Å². The van der Waals surface area contributed by atoms with Crippen LogP contribution in [0.25, 0.3) is 0 Å². The van der Waals surface area contributed by atoms with Gasteiger partial charge in [0.2, 0.25) is 5.91 Å². The summed E-state index contributed by atoms with van der Waals surface area (Å²) in [6, 6.07) is 5.47. The molecule has 0 aromatic heterocycles. The average molecular weight is 477 g/mol. The molecular formula is C22H28FN5O6. The smallest absolute Gasteiger partial charge is 0.328 e. The molecule has 4 N–H and O–H groups in total. The van der Waals surface area contributed by atoms with E-state index in [9.17, 15) is 28.8 Å². The minimum atomic E-state index is -1.08. The fourth-order valence-electron chi connectivity index (χ4n) is 3.84. The summed E-state index contributed by atoms with van der Waals surface area (Å²) < 4.78 is 13.7. The van der Waals surface area contributed by atoms with Gasteiger partial charge in [0.05, 0.1) is 43.6 Å². The van der Waals surface area contributed by atoms with Crippen molar-refractivity contribution >= 4 is 23.9 Å². The van der Waals surface area contributed by atoms with E-state index in [0.29, 0.717) is 17.7 Å². The van der Waals surface area contributed by atoms with E-state index < -0.39 is 30.0 Å². The van der Waals surface area contributed by atoms with E-state index in [1.54, 1.807) is 0 Å². The lowest BCUT2D eigenvalue weighted by Gasteiger charge is -2.46. The highest BCUT2D eigenvalue weighted by Gasteiger charge is 2.41. The third-order valence-electron chi connectivity index (χ3n) is 5.62. The Morgan fingerprint density at radius 3 is 2.44 bits per heavy atom. The Labute approximate surface area is 196 Å². The highest BCUT2D eigenvalue weighted by atomic mass is 19.1. The minimum Gasteiger partial charge on any atom is -0.481 e. The van der Waals surface area contributed by atoms with Gasteiger partial charge in [0.15, 0.2) is 0 Å². The molecule has 2 aliphatic heterocycles. The first-order valence-electron chi connectivity index (χ1n) is 10.7. The number of rotatable bonds is 6. The molecule has 2 unspecified atom stereocenters. The minimum absolute atomic E-state index is 0.000649. The Morgan fingerprint density at radius 1 is 1.24 bits per heavy atom. The summed E-state index contributed by atoms with van der Waals surface area (Å²) in [6.45, 7) is 1.40. The predicted octanol–water partition coefficient (Wildman–Crippen LogP) is 1.17. The summed E-state index contributed by atoms with van der Waals surface area (Å²) in [5.74, 6) is -2.88. The molecule has 184 valence electrons. The van der Waals surface area contributed by atoms with Gasteiger partial charge in [0, 0.05) is 26.2 Å². The van der Waals surface area contributed by atoms with Gasteiger partial charge < -0.3 is 20.8 Å². The molecule has 0 bridgehead atoms. The number of amides is 3. The van der Waals surface area contributed by atoms with Gasteiger partial charge in [0.25, 0.3) is 0 Å². The largest absolute Gasteiger partial charge is 0.481 e. The van der Waals surface area contributed by atoms with Gasteiger partial charge in [0.1, 0.15) is 5.82 Å². The molecule has 0 radical (unpaired) electrons. The summed E-state index contributed by atoms with van der Waals surface area (Å²) in [5, 5.41) is 25.1. The van der Waals surface area contributed by atoms with Crippen molar-refractivity contribution in [2.75, 3.05) is 20.1 Å². The van der Waals surface area contributed by atoms with Crippen LogP contribution in [0.5, 0.6) is 0 Å². The zero-order chi connectivity index (χ0) is 25.4. The Bertz CT molecular complexity index is 967. The van der Waals surface area contributed by atoms with Crippen molar-refractivity contribution < 1.29 is 33.8 Å². The SMILES string of the molecule is CN1C(=O)CC(N2CCCC(N)C2)N(Cc2cc(F)ccc2C#N)C1=O.O=C(O)CCC(=O)O. The third-order valence-corrected chi connectivity index (χ3v) is 5.62. The van der Waals surface area contributed by atoms with E-state index >= 15 is 0 Å². The number of nitrogens with two attached hydrogens (primary N) is 1. The number of nitriles is 1. The Balaban J connectivity index is 0.000000440. The monoisotopic (exact) mass is 477 g/mol. The van der Waals surface area contributed by atoms with Crippen molar-refractivity contribution in [1.29, 1.82) is 5.26 Å². The number of hydrogen-bond acceptors (Lipinski definition) is 7. The molecule has 2 fully saturated rings. The first kappa shape index (κ1) is 26.7. The average Bonchev–Trinajstić information content (AvgIpc) is 2.78. The number of carbonyl (C=O) groups is 4. The number of hydrogen-bond donors (Lipinski definition) is 3. The summed E-state index contributed by atoms with van der Waals surface area (Å²) in [7, 11) is 1.44. The van der Waals surface area contributed by atoms with Crippen molar-refractivity contribution in [3.05, 3.63) is 35.1 Å². The number of benzene rings is 1. The number of carboxylic acids is 2. The van der Waals surface area contributed by atoms with E-state index in [1.165, 1.54) is 30.1 Å². The van der Waals surface area contributed by atoms with Crippen molar-refractivity contribution in [2.45, 2.75) is 50.9 Å². The molecule has 2 aliphatic rings. The molecule has 34 heavy (non-hydrogen) atoms. The molecule has 2 heterocycles. The van der Waals surface area contributed by atoms with Crippen LogP contribution in [0.1, 0.15) is 43.2 Å². The topological polar surface area (TPSA) is 168 Å². The number of likely N-dealkylation sites (tertiary alicyclic amines) is 1. The summed E-state index contributed by atoms with van der Waals surface area (Å²) >= 11 is 0. The molecular weight excluding hydrogens is 449 g/mol.